The van der Waals surface area contributed by atoms with E-state index in [0.29, 0.717) is 6.61 Å². The van der Waals surface area contributed by atoms with Gasteiger partial charge in [-0.3, -0.25) is 4.84 Å². The predicted molar refractivity (Wildman–Crippen MR) is 73.2 cm³/mol. The second kappa shape index (κ2) is 5.13. The molecule has 0 aromatic heterocycles. The minimum absolute atomic E-state index is 0.0476. The lowest BCUT2D eigenvalue weighted by Crippen LogP contribution is -2.23. The quantitative estimate of drug-likeness (QED) is 0.820. The molecule has 0 amide bonds. The summed E-state index contributed by atoms with van der Waals surface area (Å²) in [5, 5.41) is 11.2. The van der Waals surface area contributed by atoms with Crippen LogP contribution < -0.4 is 5.06 Å². The van der Waals surface area contributed by atoms with Gasteiger partial charge in [0.15, 0.2) is 0 Å². The zero-order chi connectivity index (χ0) is 13.1. The highest BCUT2D eigenvalue weighted by Gasteiger charge is 2.37. The van der Waals surface area contributed by atoms with Gasteiger partial charge in [0.25, 0.3) is 0 Å². The molecule has 94 valence electrons. The molecule has 0 bridgehead atoms. The second-order valence-electron chi connectivity index (χ2n) is 4.55. The van der Waals surface area contributed by atoms with Crippen LogP contribution >= 0.6 is 0 Å². The molecule has 0 N–H and O–H groups in total. The standard InChI is InChI=1S/C16H14N2O/c17-11-14-12-19-18(15-9-5-2-6-10-15)16(14)13-7-3-1-4-8-13/h1-10,14,16H,12H2/t14-,16+/m0/s1. The highest BCUT2D eigenvalue weighted by Crippen LogP contribution is 2.38. The molecule has 1 saturated heterocycles. The molecule has 3 nitrogen and oxygen atoms in total. The van der Waals surface area contributed by atoms with Crippen molar-refractivity contribution < 1.29 is 4.84 Å². The number of benzene rings is 2. The maximum absolute atomic E-state index is 9.31. The molecule has 2 aromatic carbocycles. The molecular formula is C16H14N2O. The van der Waals surface area contributed by atoms with E-state index in [1.165, 1.54) is 0 Å². The normalized spacial score (nSPS) is 22.2. The van der Waals surface area contributed by atoms with Crippen LogP contribution in [-0.4, -0.2) is 6.61 Å². The summed E-state index contributed by atoms with van der Waals surface area (Å²) in [7, 11) is 0. The van der Waals surface area contributed by atoms with Crippen molar-refractivity contribution in [2.75, 3.05) is 11.7 Å². The van der Waals surface area contributed by atoms with Gasteiger partial charge in [-0.25, -0.2) is 5.06 Å². The Morgan fingerprint density at radius 2 is 1.63 bits per heavy atom. The van der Waals surface area contributed by atoms with Crippen LogP contribution in [0.1, 0.15) is 11.6 Å². The third-order valence-corrected chi connectivity index (χ3v) is 3.34. The molecule has 0 spiro atoms. The van der Waals surface area contributed by atoms with Gasteiger partial charge < -0.3 is 0 Å². The maximum Gasteiger partial charge on any atom is 0.0996 e. The Labute approximate surface area is 112 Å². The number of hydrogen-bond acceptors (Lipinski definition) is 3. The lowest BCUT2D eigenvalue weighted by molar-refractivity contribution is 0.156. The van der Waals surface area contributed by atoms with E-state index in [9.17, 15) is 5.26 Å². The Bertz CT molecular complexity index is 577. The van der Waals surface area contributed by atoms with Crippen molar-refractivity contribution in [1.82, 2.24) is 0 Å². The molecule has 19 heavy (non-hydrogen) atoms. The minimum Gasteiger partial charge on any atom is -0.271 e. The Hall–Kier alpha value is -2.31. The van der Waals surface area contributed by atoms with Crippen LogP contribution in [0.15, 0.2) is 60.7 Å². The fourth-order valence-electron chi connectivity index (χ4n) is 2.43. The summed E-state index contributed by atoms with van der Waals surface area (Å²) in [6, 6.07) is 22.3. The van der Waals surface area contributed by atoms with Crippen LogP contribution in [0.4, 0.5) is 5.69 Å². The number of para-hydroxylation sites is 1. The van der Waals surface area contributed by atoms with Crippen LogP contribution in [0.2, 0.25) is 0 Å². The lowest BCUT2D eigenvalue weighted by Gasteiger charge is -2.25. The number of nitriles is 1. The Kier molecular flexibility index (Phi) is 3.18. The van der Waals surface area contributed by atoms with Crippen molar-refractivity contribution in [3.63, 3.8) is 0 Å². The maximum atomic E-state index is 9.31. The molecule has 1 aliphatic rings. The fourth-order valence-corrected chi connectivity index (χ4v) is 2.43. The highest BCUT2D eigenvalue weighted by atomic mass is 16.7. The van der Waals surface area contributed by atoms with E-state index in [0.717, 1.165) is 11.3 Å². The van der Waals surface area contributed by atoms with E-state index in [1.54, 1.807) is 0 Å². The first-order chi connectivity index (χ1) is 9.40. The Morgan fingerprint density at radius 1 is 1.00 bits per heavy atom. The summed E-state index contributed by atoms with van der Waals surface area (Å²) in [4.78, 5) is 5.72. The van der Waals surface area contributed by atoms with Crippen molar-refractivity contribution in [2.24, 2.45) is 5.92 Å². The van der Waals surface area contributed by atoms with Gasteiger partial charge in [0.2, 0.25) is 0 Å². The SMILES string of the molecule is N#C[C@H]1CON(c2ccccc2)[C@@H]1c1ccccc1. The third kappa shape index (κ3) is 2.18. The van der Waals surface area contributed by atoms with Gasteiger partial charge in [-0.2, -0.15) is 5.26 Å². The van der Waals surface area contributed by atoms with Crippen LogP contribution in [-0.2, 0) is 4.84 Å². The van der Waals surface area contributed by atoms with Crippen LogP contribution in [0.3, 0.4) is 0 Å². The predicted octanol–water partition coefficient (Wildman–Crippen LogP) is 3.32. The molecule has 0 saturated carbocycles. The average Bonchev–Trinajstić information content (AvgIpc) is 2.93. The molecular weight excluding hydrogens is 236 g/mol. The van der Waals surface area contributed by atoms with Gasteiger partial charge in [-0.05, 0) is 17.7 Å². The van der Waals surface area contributed by atoms with Crippen LogP contribution in [0.25, 0.3) is 0 Å². The number of hydroxylamine groups is 1. The number of anilines is 1. The molecule has 0 aliphatic carbocycles. The summed E-state index contributed by atoms with van der Waals surface area (Å²) in [6.07, 6.45) is 0. The zero-order valence-electron chi connectivity index (χ0n) is 10.4. The van der Waals surface area contributed by atoms with E-state index >= 15 is 0 Å². The largest absolute Gasteiger partial charge is 0.271 e. The third-order valence-electron chi connectivity index (χ3n) is 3.34. The van der Waals surface area contributed by atoms with Gasteiger partial charge in [-0.1, -0.05) is 48.5 Å². The van der Waals surface area contributed by atoms with Crippen molar-refractivity contribution in [3.05, 3.63) is 66.2 Å². The summed E-state index contributed by atoms with van der Waals surface area (Å²) >= 11 is 0. The molecule has 0 unspecified atom stereocenters. The van der Waals surface area contributed by atoms with Crippen molar-refractivity contribution >= 4 is 5.69 Å². The van der Waals surface area contributed by atoms with Crippen molar-refractivity contribution in [2.45, 2.75) is 6.04 Å². The summed E-state index contributed by atoms with van der Waals surface area (Å²) in [5.41, 5.74) is 2.09. The lowest BCUT2D eigenvalue weighted by atomic mass is 9.95. The molecule has 1 aliphatic heterocycles. The first-order valence-electron chi connectivity index (χ1n) is 6.32. The van der Waals surface area contributed by atoms with Gasteiger partial charge >= 0.3 is 0 Å². The first kappa shape index (κ1) is 11.8. The number of hydrogen-bond donors (Lipinski definition) is 0. The van der Waals surface area contributed by atoms with Crippen LogP contribution in [0, 0.1) is 17.2 Å². The minimum atomic E-state index is -0.150. The zero-order valence-corrected chi connectivity index (χ0v) is 10.4. The fraction of sp³-hybridized carbons (Fsp3) is 0.188. The highest BCUT2D eigenvalue weighted by molar-refractivity contribution is 5.47. The Balaban J connectivity index is 1.99. The van der Waals surface area contributed by atoms with Gasteiger partial charge in [-0.15, -0.1) is 0 Å². The monoisotopic (exact) mass is 250 g/mol. The van der Waals surface area contributed by atoms with E-state index in [1.807, 2.05) is 65.7 Å². The van der Waals surface area contributed by atoms with Crippen molar-refractivity contribution in [3.8, 4) is 6.07 Å². The Morgan fingerprint density at radius 3 is 2.26 bits per heavy atom. The average molecular weight is 250 g/mol. The smallest absolute Gasteiger partial charge is 0.0996 e. The van der Waals surface area contributed by atoms with E-state index in [2.05, 4.69) is 6.07 Å². The molecule has 2 atom stereocenters. The van der Waals surface area contributed by atoms with Gasteiger partial charge in [0, 0.05) is 0 Å². The summed E-state index contributed by atoms with van der Waals surface area (Å²) in [6.45, 7) is 0.435. The molecule has 2 aromatic rings. The molecule has 0 radical (unpaired) electrons. The van der Waals surface area contributed by atoms with E-state index in [4.69, 9.17) is 4.84 Å². The summed E-state index contributed by atoms with van der Waals surface area (Å²) in [5.74, 6) is -0.150. The second-order valence-corrected chi connectivity index (χ2v) is 4.55. The number of nitrogens with zero attached hydrogens (tertiary/aromatic N) is 2. The van der Waals surface area contributed by atoms with Gasteiger partial charge in [0.1, 0.15) is 0 Å². The first-order valence-corrected chi connectivity index (χ1v) is 6.32. The van der Waals surface area contributed by atoms with E-state index < -0.39 is 0 Å². The summed E-state index contributed by atoms with van der Waals surface area (Å²) < 4.78 is 0. The number of rotatable bonds is 2. The topological polar surface area (TPSA) is 36.3 Å². The van der Waals surface area contributed by atoms with Gasteiger partial charge in [0.05, 0.1) is 30.3 Å². The molecule has 1 fully saturated rings. The van der Waals surface area contributed by atoms with Crippen LogP contribution in [0.5, 0.6) is 0 Å². The van der Waals surface area contributed by atoms with Crippen molar-refractivity contribution in [1.29, 1.82) is 5.26 Å². The van der Waals surface area contributed by atoms with E-state index in [-0.39, 0.29) is 12.0 Å². The molecule has 1 heterocycles. The molecule has 3 rings (SSSR count). The molecule has 3 heteroatoms.